The van der Waals surface area contributed by atoms with Gasteiger partial charge in [0.1, 0.15) is 11.5 Å². The van der Waals surface area contributed by atoms with Gasteiger partial charge in [0.15, 0.2) is 0 Å². The van der Waals surface area contributed by atoms with Crippen LogP contribution in [0, 0.1) is 0 Å². The minimum atomic E-state index is -0.987. The lowest BCUT2D eigenvalue weighted by atomic mass is 10.2. The molecule has 1 aromatic heterocycles. The first kappa shape index (κ1) is 18.6. The van der Waals surface area contributed by atoms with Gasteiger partial charge in [-0.3, -0.25) is 0 Å². The van der Waals surface area contributed by atoms with Crippen LogP contribution in [0.4, 0.5) is 9.59 Å². The topological polar surface area (TPSA) is 66.8 Å². The average Bonchev–Trinajstić information content (AvgIpc) is 3.06. The molecule has 7 heteroatoms. The van der Waals surface area contributed by atoms with E-state index in [9.17, 15) is 9.59 Å². The maximum absolute atomic E-state index is 12.8. The molecule has 0 aliphatic heterocycles. The molecule has 144 valence electrons. The van der Waals surface area contributed by atoms with Crippen molar-refractivity contribution in [3.05, 3.63) is 90.0 Å². The fourth-order valence-electron chi connectivity index (χ4n) is 2.75. The molecule has 0 aliphatic carbocycles. The molecule has 0 N–H and O–H groups in total. The van der Waals surface area contributed by atoms with E-state index in [1.54, 1.807) is 78.9 Å². The van der Waals surface area contributed by atoms with Crippen LogP contribution >= 0.6 is 11.6 Å². The monoisotopic (exact) mass is 407 g/mol. The molecule has 0 bridgehead atoms. The van der Waals surface area contributed by atoms with Crippen molar-refractivity contribution in [2.24, 2.45) is 0 Å². The van der Waals surface area contributed by atoms with Crippen molar-refractivity contribution in [2.75, 3.05) is 0 Å². The minimum absolute atomic E-state index is 0.0517. The number of ether oxygens (including phenoxy) is 3. The molecule has 0 radical (unpaired) electrons. The molecule has 4 aromatic rings. The van der Waals surface area contributed by atoms with E-state index in [0.29, 0.717) is 27.4 Å². The molecule has 4 rings (SSSR count). The third-order valence-corrected chi connectivity index (χ3v) is 4.23. The summed E-state index contributed by atoms with van der Waals surface area (Å²) in [6.45, 7) is 0. The Kier molecular flexibility index (Phi) is 5.18. The van der Waals surface area contributed by atoms with Gasteiger partial charge < -0.3 is 14.2 Å². The second-order valence-electron chi connectivity index (χ2n) is 5.97. The number of halogens is 1. The summed E-state index contributed by atoms with van der Waals surface area (Å²) >= 11 is 6.04. The quantitative estimate of drug-likeness (QED) is 0.311. The SMILES string of the molecule is O=C(Oc1ccccc1)Oc1cc2cc(Cl)ccc2n1C(=O)Oc1ccccc1. The number of hydrogen-bond acceptors (Lipinski definition) is 5. The summed E-state index contributed by atoms with van der Waals surface area (Å²) in [4.78, 5) is 25.0. The van der Waals surface area contributed by atoms with Gasteiger partial charge in [-0.1, -0.05) is 48.0 Å². The molecule has 3 aromatic carbocycles. The Morgan fingerprint density at radius 1 is 0.724 bits per heavy atom. The van der Waals surface area contributed by atoms with Crippen molar-refractivity contribution in [1.82, 2.24) is 4.57 Å². The van der Waals surface area contributed by atoms with E-state index in [-0.39, 0.29) is 5.88 Å². The molecular formula is C22H14ClNO5. The third kappa shape index (κ3) is 4.23. The number of carbonyl (C=O) groups is 2. The van der Waals surface area contributed by atoms with Crippen molar-refractivity contribution in [1.29, 1.82) is 0 Å². The highest BCUT2D eigenvalue weighted by molar-refractivity contribution is 6.31. The second kappa shape index (κ2) is 8.08. The summed E-state index contributed by atoms with van der Waals surface area (Å²) in [6, 6.07) is 23.5. The first-order valence-corrected chi connectivity index (χ1v) is 9.01. The lowest BCUT2D eigenvalue weighted by Gasteiger charge is -2.10. The van der Waals surface area contributed by atoms with Crippen LogP contribution in [-0.4, -0.2) is 16.8 Å². The zero-order valence-corrected chi connectivity index (χ0v) is 15.7. The van der Waals surface area contributed by atoms with Crippen LogP contribution < -0.4 is 14.2 Å². The standard InChI is InChI=1S/C22H14ClNO5/c23-16-11-12-19-15(13-16)14-20(29-22(26)28-18-9-5-2-6-10-18)24(19)21(25)27-17-7-3-1-4-8-17/h1-14H. The molecule has 1 heterocycles. The molecule has 0 saturated heterocycles. The van der Waals surface area contributed by atoms with Gasteiger partial charge in [-0.25, -0.2) is 14.2 Å². The maximum Gasteiger partial charge on any atom is 0.520 e. The smallest absolute Gasteiger partial charge is 0.410 e. The van der Waals surface area contributed by atoms with Crippen LogP contribution in [0.15, 0.2) is 84.9 Å². The van der Waals surface area contributed by atoms with E-state index in [1.165, 1.54) is 6.07 Å². The Labute approximate surface area is 170 Å². The zero-order valence-electron chi connectivity index (χ0n) is 14.9. The second-order valence-corrected chi connectivity index (χ2v) is 6.41. The van der Waals surface area contributed by atoms with Crippen LogP contribution in [-0.2, 0) is 0 Å². The highest BCUT2D eigenvalue weighted by atomic mass is 35.5. The molecule has 6 nitrogen and oxygen atoms in total. The number of para-hydroxylation sites is 2. The zero-order chi connectivity index (χ0) is 20.2. The summed E-state index contributed by atoms with van der Waals surface area (Å²) in [5.41, 5.74) is 0.470. The lowest BCUT2D eigenvalue weighted by Crippen LogP contribution is -2.21. The molecule has 0 unspecified atom stereocenters. The summed E-state index contributed by atoms with van der Waals surface area (Å²) in [5.74, 6) is 0.616. The van der Waals surface area contributed by atoms with Crippen molar-refractivity contribution in [2.45, 2.75) is 0 Å². The molecule has 0 saturated carbocycles. The molecule has 0 aliphatic rings. The van der Waals surface area contributed by atoms with Gasteiger partial charge >= 0.3 is 12.2 Å². The number of hydrogen-bond donors (Lipinski definition) is 0. The number of carbonyl (C=O) groups excluding carboxylic acids is 2. The van der Waals surface area contributed by atoms with Gasteiger partial charge in [0, 0.05) is 16.5 Å². The normalized spacial score (nSPS) is 10.5. The van der Waals surface area contributed by atoms with Crippen LogP contribution in [0.25, 0.3) is 10.9 Å². The highest BCUT2D eigenvalue weighted by Gasteiger charge is 2.21. The Morgan fingerprint density at radius 2 is 1.34 bits per heavy atom. The minimum Gasteiger partial charge on any atom is -0.410 e. The number of rotatable bonds is 3. The Balaban J connectivity index is 1.66. The fourth-order valence-corrected chi connectivity index (χ4v) is 2.93. The summed E-state index contributed by atoms with van der Waals surface area (Å²) in [6.07, 6.45) is -1.73. The summed E-state index contributed by atoms with van der Waals surface area (Å²) in [5, 5.41) is 1.08. The predicted octanol–water partition coefficient (Wildman–Crippen LogP) is 5.92. The van der Waals surface area contributed by atoms with Gasteiger partial charge in [0.05, 0.1) is 5.52 Å². The molecule has 0 spiro atoms. The van der Waals surface area contributed by atoms with Crippen molar-refractivity contribution < 1.29 is 23.8 Å². The molecule has 29 heavy (non-hydrogen) atoms. The van der Waals surface area contributed by atoms with E-state index in [0.717, 1.165) is 4.57 Å². The fraction of sp³-hybridized carbons (Fsp3) is 0. The van der Waals surface area contributed by atoms with E-state index < -0.39 is 12.2 Å². The van der Waals surface area contributed by atoms with Crippen LogP contribution in [0.5, 0.6) is 17.4 Å². The van der Waals surface area contributed by atoms with Crippen LogP contribution in [0.3, 0.4) is 0 Å². The van der Waals surface area contributed by atoms with Gasteiger partial charge in [-0.15, -0.1) is 0 Å². The number of aromatic nitrogens is 1. The average molecular weight is 408 g/mol. The van der Waals surface area contributed by atoms with Crippen LogP contribution in [0.1, 0.15) is 0 Å². The lowest BCUT2D eigenvalue weighted by molar-refractivity contribution is 0.147. The number of benzene rings is 3. The Hall–Kier alpha value is -3.77. The first-order valence-electron chi connectivity index (χ1n) is 8.63. The number of nitrogens with zero attached hydrogens (tertiary/aromatic N) is 1. The first-order chi connectivity index (χ1) is 14.1. The van der Waals surface area contributed by atoms with E-state index in [2.05, 4.69) is 0 Å². The van der Waals surface area contributed by atoms with E-state index >= 15 is 0 Å². The predicted molar refractivity (Wildman–Crippen MR) is 108 cm³/mol. The van der Waals surface area contributed by atoms with Crippen molar-refractivity contribution >= 4 is 34.8 Å². The van der Waals surface area contributed by atoms with E-state index in [1.807, 2.05) is 0 Å². The Morgan fingerprint density at radius 3 is 2.00 bits per heavy atom. The highest BCUT2D eigenvalue weighted by Crippen LogP contribution is 2.29. The maximum atomic E-state index is 12.8. The largest absolute Gasteiger partial charge is 0.520 e. The molecular weight excluding hydrogens is 394 g/mol. The van der Waals surface area contributed by atoms with Crippen molar-refractivity contribution in [3.63, 3.8) is 0 Å². The molecule has 0 fully saturated rings. The van der Waals surface area contributed by atoms with Gasteiger partial charge in [-0.05, 0) is 42.5 Å². The summed E-state index contributed by atoms with van der Waals surface area (Å²) in [7, 11) is 0. The van der Waals surface area contributed by atoms with Gasteiger partial charge in [0.2, 0.25) is 5.88 Å². The van der Waals surface area contributed by atoms with Crippen molar-refractivity contribution in [3.8, 4) is 17.4 Å². The third-order valence-electron chi connectivity index (χ3n) is 3.99. The van der Waals surface area contributed by atoms with Gasteiger partial charge in [-0.2, -0.15) is 0 Å². The number of fused-ring (bicyclic) bond motifs is 1. The van der Waals surface area contributed by atoms with Crippen LogP contribution in [0.2, 0.25) is 5.02 Å². The van der Waals surface area contributed by atoms with Gasteiger partial charge in [0.25, 0.3) is 0 Å². The summed E-state index contributed by atoms with van der Waals surface area (Å²) < 4.78 is 17.0. The van der Waals surface area contributed by atoms with E-state index in [4.69, 9.17) is 25.8 Å². The molecule has 0 atom stereocenters. The molecule has 0 amide bonds. The Bertz CT molecular complexity index is 1170.